The first kappa shape index (κ1) is 11.8. The Kier molecular flexibility index (Phi) is 3.55. The van der Waals surface area contributed by atoms with Crippen molar-refractivity contribution in [2.75, 3.05) is 7.11 Å². The van der Waals surface area contributed by atoms with Crippen LogP contribution < -0.4 is 10.5 Å². The number of hydrogen-bond donors (Lipinski definition) is 2. The summed E-state index contributed by atoms with van der Waals surface area (Å²) in [6, 6.07) is 2.18. The Morgan fingerprint density at radius 2 is 2.20 bits per heavy atom. The van der Waals surface area contributed by atoms with Gasteiger partial charge < -0.3 is 15.6 Å². The summed E-state index contributed by atoms with van der Waals surface area (Å²) in [7, 11) is 1.46. The SMILES string of the molecule is COc1c(C)ccc(Cl)c1C(N)C(=O)O. The molecule has 15 heavy (non-hydrogen) atoms. The maximum Gasteiger partial charge on any atom is 0.325 e. The number of aliphatic carboxylic acids is 1. The van der Waals surface area contributed by atoms with E-state index in [0.29, 0.717) is 16.3 Å². The van der Waals surface area contributed by atoms with E-state index in [1.807, 2.05) is 0 Å². The van der Waals surface area contributed by atoms with Gasteiger partial charge in [-0.25, -0.2) is 0 Å². The first-order chi connectivity index (χ1) is 6.99. The lowest BCUT2D eigenvalue weighted by molar-refractivity contribution is -0.138. The molecular weight excluding hydrogens is 218 g/mol. The summed E-state index contributed by atoms with van der Waals surface area (Å²) in [5.74, 6) is -0.710. The lowest BCUT2D eigenvalue weighted by atomic mass is 10.0. The van der Waals surface area contributed by atoms with Crippen LogP contribution in [-0.4, -0.2) is 18.2 Å². The summed E-state index contributed by atoms with van der Waals surface area (Å²) in [4.78, 5) is 10.8. The molecule has 0 saturated heterocycles. The third-order valence-electron chi connectivity index (χ3n) is 2.12. The second kappa shape index (κ2) is 4.51. The number of hydrogen-bond acceptors (Lipinski definition) is 3. The van der Waals surface area contributed by atoms with Gasteiger partial charge in [0.15, 0.2) is 0 Å². The van der Waals surface area contributed by atoms with Crippen molar-refractivity contribution in [3.8, 4) is 5.75 Å². The van der Waals surface area contributed by atoms with Gasteiger partial charge in [0, 0.05) is 10.6 Å². The molecule has 0 aliphatic carbocycles. The quantitative estimate of drug-likeness (QED) is 0.828. The fraction of sp³-hybridized carbons (Fsp3) is 0.300. The highest BCUT2D eigenvalue weighted by Crippen LogP contribution is 2.34. The zero-order valence-electron chi connectivity index (χ0n) is 8.45. The zero-order chi connectivity index (χ0) is 11.6. The Morgan fingerprint density at radius 1 is 1.60 bits per heavy atom. The summed E-state index contributed by atoms with van der Waals surface area (Å²) in [5, 5.41) is 9.13. The van der Waals surface area contributed by atoms with Gasteiger partial charge in [0.05, 0.1) is 7.11 Å². The lowest BCUT2D eigenvalue weighted by Crippen LogP contribution is -2.22. The Morgan fingerprint density at radius 3 is 2.67 bits per heavy atom. The average molecular weight is 230 g/mol. The molecular formula is C10H12ClNO3. The van der Waals surface area contributed by atoms with E-state index in [0.717, 1.165) is 5.56 Å². The van der Waals surface area contributed by atoms with E-state index < -0.39 is 12.0 Å². The number of carboxylic acids is 1. The van der Waals surface area contributed by atoms with Crippen molar-refractivity contribution in [1.29, 1.82) is 0 Å². The van der Waals surface area contributed by atoms with E-state index in [9.17, 15) is 4.79 Å². The van der Waals surface area contributed by atoms with Crippen molar-refractivity contribution in [3.63, 3.8) is 0 Å². The van der Waals surface area contributed by atoms with Gasteiger partial charge in [0.25, 0.3) is 0 Å². The van der Waals surface area contributed by atoms with Crippen LogP contribution in [0.4, 0.5) is 0 Å². The van der Waals surface area contributed by atoms with Crippen LogP contribution >= 0.6 is 11.6 Å². The highest BCUT2D eigenvalue weighted by Gasteiger charge is 2.23. The second-order valence-electron chi connectivity index (χ2n) is 3.13. The van der Waals surface area contributed by atoms with Crippen LogP contribution in [0.3, 0.4) is 0 Å². The molecule has 1 unspecified atom stereocenters. The Labute approximate surface area is 92.6 Å². The van der Waals surface area contributed by atoms with Gasteiger partial charge in [-0.1, -0.05) is 17.7 Å². The summed E-state index contributed by atoms with van der Waals surface area (Å²) < 4.78 is 5.10. The Bertz CT molecular complexity index is 392. The molecule has 0 aliphatic rings. The largest absolute Gasteiger partial charge is 0.496 e. The monoisotopic (exact) mass is 229 g/mol. The normalized spacial score (nSPS) is 12.3. The molecule has 5 heteroatoms. The number of methoxy groups -OCH3 is 1. The minimum atomic E-state index is -1.17. The predicted molar refractivity (Wildman–Crippen MR) is 57.3 cm³/mol. The third kappa shape index (κ3) is 2.22. The standard InChI is InChI=1S/C10H12ClNO3/c1-5-3-4-6(11)7(9(5)15-2)8(12)10(13)14/h3-4,8H,12H2,1-2H3,(H,13,14). The minimum Gasteiger partial charge on any atom is -0.496 e. The fourth-order valence-corrected chi connectivity index (χ4v) is 1.64. The molecule has 1 rings (SSSR count). The summed E-state index contributed by atoms with van der Waals surface area (Å²) >= 11 is 5.90. The third-order valence-corrected chi connectivity index (χ3v) is 2.45. The van der Waals surface area contributed by atoms with Gasteiger partial charge in [0.1, 0.15) is 11.8 Å². The molecule has 82 valence electrons. The van der Waals surface area contributed by atoms with Gasteiger partial charge in [-0.3, -0.25) is 4.79 Å². The first-order valence-electron chi connectivity index (χ1n) is 4.30. The molecule has 1 atom stereocenters. The van der Waals surface area contributed by atoms with Crippen molar-refractivity contribution in [3.05, 3.63) is 28.3 Å². The van der Waals surface area contributed by atoms with Crippen molar-refractivity contribution in [2.45, 2.75) is 13.0 Å². The van der Waals surface area contributed by atoms with E-state index in [2.05, 4.69) is 0 Å². The van der Waals surface area contributed by atoms with Crippen LogP contribution in [0.2, 0.25) is 5.02 Å². The van der Waals surface area contributed by atoms with Crippen LogP contribution in [0.1, 0.15) is 17.2 Å². The summed E-state index contributed by atoms with van der Waals surface area (Å²) in [6.07, 6.45) is 0. The molecule has 1 aromatic carbocycles. The van der Waals surface area contributed by atoms with Crippen LogP contribution in [-0.2, 0) is 4.79 Å². The summed E-state index contributed by atoms with van der Waals surface area (Å²) in [5.41, 5.74) is 6.63. The maximum atomic E-state index is 10.8. The van der Waals surface area contributed by atoms with Crippen molar-refractivity contribution in [1.82, 2.24) is 0 Å². The van der Waals surface area contributed by atoms with E-state index in [1.165, 1.54) is 7.11 Å². The molecule has 0 radical (unpaired) electrons. The molecule has 0 fully saturated rings. The number of carbonyl (C=O) groups is 1. The number of rotatable bonds is 3. The first-order valence-corrected chi connectivity index (χ1v) is 4.68. The number of aryl methyl sites for hydroxylation is 1. The van der Waals surface area contributed by atoms with Gasteiger partial charge >= 0.3 is 5.97 Å². The van der Waals surface area contributed by atoms with Crippen molar-refractivity contribution >= 4 is 17.6 Å². The minimum absolute atomic E-state index is 0.298. The second-order valence-corrected chi connectivity index (χ2v) is 3.53. The molecule has 0 saturated carbocycles. The van der Waals surface area contributed by atoms with Gasteiger partial charge in [-0.2, -0.15) is 0 Å². The van der Waals surface area contributed by atoms with Gasteiger partial charge in [0.2, 0.25) is 0 Å². The molecule has 1 aromatic rings. The molecule has 0 heterocycles. The van der Waals surface area contributed by atoms with Gasteiger partial charge in [-0.15, -0.1) is 0 Å². The highest BCUT2D eigenvalue weighted by molar-refractivity contribution is 6.31. The van der Waals surface area contributed by atoms with Crippen molar-refractivity contribution < 1.29 is 14.6 Å². The molecule has 0 spiro atoms. The maximum absolute atomic E-state index is 10.8. The molecule has 3 N–H and O–H groups in total. The van der Waals surface area contributed by atoms with E-state index in [-0.39, 0.29) is 0 Å². The number of nitrogens with two attached hydrogens (primary N) is 1. The molecule has 0 aliphatic heterocycles. The fourth-order valence-electron chi connectivity index (χ4n) is 1.37. The topological polar surface area (TPSA) is 72.5 Å². The van der Waals surface area contributed by atoms with E-state index in [1.54, 1.807) is 19.1 Å². The number of carboxylic acid groups (broad SMARTS) is 1. The van der Waals surface area contributed by atoms with E-state index in [4.69, 9.17) is 27.2 Å². The predicted octanol–water partition coefficient (Wildman–Crippen LogP) is 1.74. The highest BCUT2D eigenvalue weighted by atomic mass is 35.5. The van der Waals surface area contributed by atoms with Gasteiger partial charge in [-0.05, 0) is 18.6 Å². The molecule has 0 amide bonds. The lowest BCUT2D eigenvalue weighted by Gasteiger charge is -2.15. The Hall–Kier alpha value is -1.26. The number of ether oxygens (including phenoxy) is 1. The smallest absolute Gasteiger partial charge is 0.325 e. The zero-order valence-corrected chi connectivity index (χ0v) is 9.21. The number of halogens is 1. The number of benzene rings is 1. The van der Waals surface area contributed by atoms with E-state index >= 15 is 0 Å². The van der Waals surface area contributed by atoms with Crippen LogP contribution in [0, 0.1) is 6.92 Å². The molecule has 4 nitrogen and oxygen atoms in total. The van der Waals surface area contributed by atoms with Crippen LogP contribution in [0.5, 0.6) is 5.75 Å². The molecule has 0 aromatic heterocycles. The Balaban J connectivity index is 3.37. The van der Waals surface area contributed by atoms with Crippen molar-refractivity contribution in [2.24, 2.45) is 5.73 Å². The van der Waals surface area contributed by atoms with Crippen LogP contribution in [0.25, 0.3) is 0 Å². The summed E-state index contributed by atoms with van der Waals surface area (Å²) in [6.45, 7) is 1.80. The van der Waals surface area contributed by atoms with Crippen LogP contribution in [0.15, 0.2) is 12.1 Å². The molecule has 0 bridgehead atoms. The average Bonchev–Trinajstić information content (AvgIpc) is 2.19.